The third kappa shape index (κ3) is 2.24. The molecule has 0 spiro atoms. The fraction of sp³-hybridized carbons (Fsp3) is 0.231. The summed E-state index contributed by atoms with van der Waals surface area (Å²) in [5, 5.41) is 0.682. The fourth-order valence-corrected chi connectivity index (χ4v) is 1.85. The lowest BCUT2D eigenvalue weighted by molar-refractivity contribution is 0.999. The molecule has 1 N–H and O–H groups in total. The van der Waals surface area contributed by atoms with E-state index in [0.717, 1.165) is 11.1 Å². The van der Waals surface area contributed by atoms with Crippen molar-refractivity contribution in [2.75, 3.05) is 0 Å². The van der Waals surface area contributed by atoms with Gasteiger partial charge in [0.15, 0.2) is 0 Å². The first-order valence-electron chi connectivity index (χ1n) is 5.33. The van der Waals surface area contributed by atoms with Gasteiger partial charge < -0.3 is 4.98 Å². The minimum absolute atomic E-state index is 0.107. The van der Waals surface area contributed by atoms with Gasteiger partial charge >= 0.3 is 0 Å². The highest BCUT2D eigenvalue weighted by atomic mass is 35.5. The zero-order valence-corrected chi connectivity index (χ0v) is 10.7. The topological polar surface area (TPSA) is 45.8 Å². The smallest absolute Gasteiger partial charge is 0.254 e. The highest BCUT2D eigenvalue weighted by Gasteiger charge is 2.09. The zero-order chi connectivity index (χ0) is 12.6. The minimum atomic E-state index is -0.107. The molecule has 2 rings (SSSR count). The first-order chi connectivity index (χ1) is 7.99. The molecule has 0 saturated carbocycles. The maximum absolute atomic E-state index is 11.7. The molecule has 17 heavy (non-hydrogen) atoms. The van der Waals surface area contributed by atoms with E-state index in [1.54, 1.807) is 13.8 Å². The van der Waals surface area contributed by atoms with Gasteiger partial charge in [-0.25, -0.2) is 4.98 Å². The van der Waals surface area contributed by atoms with Crippen molar-refractivity contribution in [3.05, 3.63) is 50.5 Å². The lowest BCUT2D eigenvalue weighted by Crippen LogP contribution is -2.14. The van der Waals surface area contributed by atoms with E-state index in [1.807, 2.05) is 25.1 Å². The SMILES string of the molecule is Cc1nc(-c2ccc(C)c(Cl)c2)c(C)c(=O)[nH]1. The van der Waals surface area contributed by atoms with Crippen molar-refractivity contribution >= 4 is 11.6 Å². The Kier molecular flexibility index (Phi) is 3.03. The minimum Gasteiger partial charge on any atom is -0.311 e. The maximum Gasteiger partial charge on any atom is 0.254 e. The van der Waals surface area contributed by atoms with E-state index in [-0.39, 0.29) is 5.56 Å². The normalized spacial score (nSPS) is 10.6. The molecular weight excluding hydrogens is 236 g/mol. The van der Waals surface area contributed by atoms with Crippen LogP contribution in [0.1, 0.15) is 17.0 Å². The number of hydrogen-bond acceptors (Lipinski definition) is 2. The van der Waals surface area contributed by atoms with E-state index in [4.69, 9.17) is 11.6 Å². The lowest BCUT2D eigenvalue weighted by Gasteiger charge is -2.07. The maximum atomic E-state index is 11.7. The second kappa shape index (κ2) is 4.34. The number of aromatic amines is 1. The number of benzene rings is 1. The largest absolute Gasteiger partial charge is 0.311 e. The van der Waals surface area contributed by atoms with Gasteiger partial charge in [-0.2, -0.15) is 0 Å². The van der Waals surface area contributed by atoms with Crippen molar-refractivity contribution in [3.8, 4) is 11.3 Å². The first-order valence-corrected chi connectivity index (χ1v) is 5.71. The van der Waals surface area contributed by atoms with E-state index in [2.05, 4.69) is 9.97 Å². The molecule has 0 unspecified atom stereocenters. The molecule has 0 aliphatic rings. The van der Waals surface area contributed by atoms with Crippen LogP contribution in [-0.4, -0.2) is 9.97 Å². The molecule has 3 nitrogen and oxygen atoms in total. The Hall–Kier alpha value is -1.61. The molecule has 0 aliphatic carbocycles. The van der Waals surface area contributed by atoms with Crippen molar-refractivity contribution in [2.45, 2.75) is 20.8 Å². The summed E-state index contributed by atoms with van der Waals surface area (Å²) in [6, 6.07) is 5.69. The van der Waals surface area contributed by atoms with Crippen LogP contribution in [0.3, 0.4) is 0 Å². The van der Waals surface area contributed by atoms with E-state index < -0.39 is 0 Å². The molecule has 0 saturated heterocycles. The number of aromatic nitrogens is 2. The number of aryl methyl sites for hydroxylation is 2. The van der Waals surface area contributed by atoms with Crippen LogP contribution in [0.5, 0.6) is 0 Å². The molecule has 4 heteroatoms. The van der Waals surface area contributed by atoms with Gasteiger partial charge in [-0.1, -0.05) is 23.7 Å². The molecule has 0 fully saturated rings. The predicted octanol–water partition coefficient (Wildman–Crippen LogP) is 3.02. The van der Waals surface area contributed by atoms with Crippen LogP contribution in [0.2, 0.25) is 5.02 Å². The van der Waals surface area contributed by atoms with Gasteiger partial charge in [-0.15, -0.1) is 0 Å². The second-order valence-electron chi connectivity index (χ2n) is 4.09. The van der Waals surface area contributed by atoms with Gasteiger partial charge in [0.25, 0.3) is 5.56 Å². The zero-order valence-electron chi connectivity index (χ0n) is 9.97. The van der Waals surface area contributed by atoms with Crippen molar-refractivity contribution in [1.29, 1.82) is 0 Å². The lowest BCUT2D eigenvalue weighted by atomic mass is 10.1. The molecule has 1 aromatic carbocycles. The number of rotatable bonds is 1. The molecule has 88 valence electrons. The molecule has 1 heterocycles. The molecular formula is C13H13ClN2O. The monoisotopic (exact) mass is 248 g/mol. The van der Waals surface area contributed by atoms with Crippen molar-refractivity contribution in [1.82, 2.24) is 9.97 Å². The third-order valence-electron chi connectivity index (χ3n) is 2.72. The van der Waals surface area contributed by atoms with E-state index in [9.17, 15) is 4.79 Å². The highest BCUT2D eigenvalue weighted by molar-refractivity contribution is 6.31. The van der Waals surface area contributed by atoms with Gasteiger partial charge in [-0.05, 0) is 32.4 Å². The first kappa shape index (κ1) is 11.9. The summed E-state index contributed by atoms with van der Waals surface area (Å²) in [4.78, 5) is 18.7. The van der Waals surface area contributed by atoms with E-state index in [1.165, 1.54) is 0 Å². The van der Waals surface area contributed by atoms with E-state index in [0.29, 0.717) is 22.1 Å². The van der Waals surface area contributed by atoms with Crippen LogP contribution in [-0.2, 0) is 0 Å². The van der Waals surface area contributed by atoms with Crippen LogP contribution in [0.25, 0.3) is 11.3 Å². The molecule has 0 bridgehead atoms. The summed E-state index contributed by atoms with van der Waals surface area (Å²) in [5.41, 5.74) is 3.06. The average molecular weight is 249 g/mol. The Labute approximate surface area is 104 Å². The van der Waals surface area contributed by atoms with Crippen LogP contribution in [0.15, 0.2) is 23.0 Å². The molecule has 0 aliphatic heterocycles. The number of nitrogens with zero attached hydrogens (tertiary/aromatic N) is 1. The Morgan fingerprint density at radius 1 is 1.24 bits per heavy atom. The summed E-state index contributed by atoms with van der Waals surface area (Å²) in [6.45, 7) is 5.46. The quantitative estimate of drug-likeness (QED) is 0.843. The molecule has 1 aromatic heterocycles. The van der Waals surface area contributed by atoms with E-state index >= 15 is 0 Å². The van der Waals surface area contributed by atoms with Crippen molar-refractivity contribution < 1.29 is 0 Å². The number of hydrogen-bond donors (Lipinski definition) is 1. The van der Waals surface area contributed by atoms with Gasteiger partial charge in [0.1, 0.15) is 5.82 Å². The second-order valence-corrected chi connectivity index (χ2v) is 4.50. The van der Waals surface area contributed by atoms with Gasteiger partial charge in [-0.3, -0.25) is 4.79 Å². The number of H-pyrrole nitrogens is 1. The Bertz CT molecular complexity index is 632. The third-order valence-corrected chi connectivity index (χ3v) is 3.12. The van der Waals surface area contributed by atoms with Crippen LogP contribution in [0.4, 0.5) is 0 Å². The average Bonchev–Trinajstić information content (AvgIpc) is 2.27. The number of nitrogens with one attached hydrogen (secondary N) is 1. The summed E-state index contributed by atoms with van der Waals surface area (Å²) in [6.07, 6.45) is 0. The van der Waals surface area contributed by atoms with Gasteiger partial charge in [0, 0.05) is 16.1 Å². The fourth-order valence-electron chi connectivity index (χ4n) is 1.67. The highest BCUT2D eigenvalue weighted by Crippen LogP contribution is 2.24. The van der Waals surface area contributed by atoms with Crippen LogP contribution in [0, 0.1) is 20.8 Å². The Morgan fingerprint density at radius 3 is 2.59 bits per heavy atom. The van der Waals surface area contributed by atoms with Crippen molar-refractivity contribution in [2.24, 2.45) is 0 Å². The Balaban J connectivity index is 2.68. The summed E-state index contributed by atoms with van der Waals surface area (Å²) < 4.78 is 0. The van der Waals surface area contributed by atoms with Gasteiger partial charge in [0.05, 0.1) is 5.69 Å². The molecule has 0 amide bonds. The molecule has 2 aromatic rings. The standard InChI is InChI=1S/C13H13ClN2O/c1-7-4-5-10(6-11(7)14)12-8(2)13(17)16-9(3)15-12/h4-6H,1-3H3,(H,15,16,17). The van der Waals surface area contributed by atoms with Crippen LogP contribution < -0.4 is 5.56 Å². The number of halogens is 1. The predicted molar refractivity (Wildman–Crippen MR) is 69.5 cm³/mol. The van der Waals surface area contributed by atoms with Crippen LogP contribution >= 0.6 is 11.6 Å². The summed E-state index contributed by atoms with van der Waals surface area (Å²) in [5.74, 6) is 0.604. The molecule has 0 radical (unpaired) electrons. The van der Waals surface area contributed by atoms with Gasteiger partial charge in [0.2, 0.25) is 0 Å². The Morgan fingerprint density at radius 2 is 1.94 bits per heavy atom. The molecule has 0 atom stereocenters. The summed E-state index contributed by atoms with van der Waals surface area (Å²) >= 11 is 6.08. The van der Waals surface area contributed by atoms with Crippen molar-refractivity contribution in [3.63, 3.8) is 0 Å². The summed E-state index contributed by atoms with van der Waals surface area (Å²) in [7, 11) is 0.